The van der Waals surface area contributed by atoms with Crippen molar-refractivity contribution in [3.63, 3.8) is 0 Å². The molecule has 3 rings (SSSR count). The molecule has 26 heavy (non-hydrogen) atoms. The lowest BCUT2D eigenvalue weighted by atomic mass is 10.1. The lowest BCUT2D eigenvalue weighted by molar-refractivity contribution is -0.116. The van der Waals surface area contributed by atoms with Crippen LogP contribution in [0.2, 0.25) is 0 Å². The predicted molar refractivity (Wildman–Crippen MR) is 105 cm³/mol. The minimum atomic E-state index is -0.0714. The van der Waals surface area contributed by atoms with Crippen molar-refractivity contribution in [2.24, 2.45) is 0 Å². The fourth-order valence-corrected chi connectivity index (χ4v) is 2.79. The number of aromatic nitrogens is 2. The van der Waals surface area contributed by atoms with Gasteiger partial charge in [0.1, 0.15) is 0 Å². The van der Waals surface area contributed by atoms with Gasteiger partial charge in [-0.1, -0.05) is 42.5 Å². The molecule has 1 heterocycles. The third-order valence-electron chi connectivity index (χ3n) is 4.08. The predicted octanol–water partition coefficient (Wildman–Crippen LogP) is 2.82. The molecule has 0 radical (unpaired) electrons. The largest absolute Gasteiger partial charge is 0.348 e. The van der Waals surface area contributed by atoms with E-state index in [1.165, 1.54) is 5.56 Å². The van der Waals surface area contributed by atoms with Crippen molar-refractivity contribution < 1.29 is 4.79 Å². The smallest absolute Gasteiger partial charge is 0.243 e. The van der Waals surface area contributed by atoms with Crippen LogP contribution in [0.15, 0.2) is 67.0 Å². The van der Waals surface area contributed by atoms with E-state index in [0.717, 1.165) is 29.7 Å². The van der Waals surface area contributed by atoms with E-state index in [1.54, 1.807) is 6.08 Å². The van der Waals surface area contributed by atoms with Gasteiger partial charge in [0.2, 0.25) is 5.91 Å². The molecule has 0 aliphatic rings. The van der Waals surface area contributed by atoms with Gasteiger partial charge < -0.3 is 14.8 Å². The first-order chi connectivity index (χ1) is 12.6. The van der Waals surface area contributed by atoms with Gasteiger partial charge in [-0.25, -0.2) is 4.98 Å². The fraction of sp³-hybridized carbons (Fsp3) is 0.238. The minimum Gasteiger partial charge on any atom is -0.348 e. The molecule has 0 unspecified atom stereocenters. The summed E-state index contributed by atoms with van der Waals surface area (Å²) in [6.07, 6.45) is 5.31. The third kappa shape index (κ3) is 4.80. The highest BCUT2D eigenvalue weighted by atomic mass is 16.1. The Morgan fingerprint density at radius 2 is 1.96 bits per heavy atom. The molecule has 1 N–H and O–H groups in total. The average molecular weight is 348 g/mol. The Hall–Kier alpha value is -2.92. The molecule has 0 spiro atoms. The number of nitrogens with one attached hydrogen (secondary N) is 1. The summed E-state index contributed by atoms with van der Waals surface area (Å²) in [6, 6.07) is 16.4. The second-order valence-electron chi connectivity index (χ2n) is 6.56. The van der Waals surface area contributed by atoms with Crippen LogP contribution in [-0.4, -0.2) is 41.0 Å². The van der Waals surface area contributed by atoms with Gasteiger partial charge in [-0.2, -0.15) is 0 Å². The summed E-state index contributed by atoms with van der Waals surface area (Å²) in [5.74, 6) is -0.0714. The van der Waals surface area contributed by atoms with Crippen molar-refractivity contribution in [1.82, 2.24) is 19.8 Å². The maximum absolute atomic E-state index is 11.9. The Bertz CT molecular complexity index is 911. The van der Waals surface area contributed by atoms with Crippen molar-refractivity contribution >= 4 is 16.9 Å². The molecule has 2 aromatic carbocycles. The maximum atomic E-state index is 11.9. The van der Waals surface area contributed by atoms with Gasteiger partial charge in [-0.3, -0.25) is 4.79 Å². The Morgan fingerprint density at radius 1 is 1.15 bits per heavy atom. The van der Waals surface area contributed by atoms with Crippen molar-refractivity contribution in [3.8, 4) is 0 Å². The number of hydrogen-bond donors (Lipinski definition) is 1. The number of benzene rings is 2. The van der Waals surface area contributed by atoms with E-state index >= 15 is 0 Å². The van der Waals surface area contributed by atoms with Crippen LogP contribution in [0.3, 0.4) is 0 Å². The lowest BCUT2D eigenvalue weighted by Gasteiger charge is -2.08. The summed E-state index contributed by atoms with van der Waals surface area (Å²) >= 11 is 0. The van der Waals surface area contributed by atoms with Gasteiger partial charge in [0.25, 0.3) is 0 Å². The molecule has 0 aliphatic carbocycles. The number of para-hydroxylation sites is 2. The molecule has 0 saturated heterocycles. The van der Waals surface area contributed by atoms with E-state index in [1.807, 2.05) is 61.7 Å². The topological polar surface area (TPSA) is 50.2 Å². The van der Waals surface area contributed by atoms with E-state index in [9.17, 15) is 4.79 Å². The van der Waals surface area contributed by atoms with Crippen molar-refractivity contribution in [2.45, 2.75) is 13.1 Å². The van der Waals surface area contributed by atoms with Crippen LogP contribution in [0, 0.1) is 0 Å². The number of nitrogens with zero attached hydrogens (tertiary/aromatic N) is 3. The van der Waals surface area contributed by atoms with E-state index < -0.39 is 0 Å². The molecule has 5 nitrogen and oxygen atoms in total. The average Bonchev–Trinajstić information content (AvgIpc) is 3.03. The maximum Gasteiger partial charge on any atom is 0.243 e. The Labute approximate surface area is 154 Å². The van der Waals surface area contributed by atoms with Crippen LogP contribution in [0.5, 0.6) is 0 Å². The fourth-order valence-electron chi connectivity index (χ4n) is 2.79. The number of hydrogen-bond acceptors (Lipinski definition) is 3. The van der Waals surface area contributed by atoms with Crippen LogP contribution < -0.4 is 5.32 Å². The van der Waals surface area contributed by atoms with Gasteiger partial charge >= 0.3 is 0 Å². The lowest BCUT2D eigenvalue weighted by Crippen LogP contribution is -2.21. The molecule has 0 atom stereocenters. The number of carbonyl (C=O) groups is 1. The molecule has 0 aliphatic heterocycles. The Balaban J connectivity index is 1.61. The quantitative estimate of drug-likeness (QED) is 0.668. The van der Waals surface area contributed by atoms with Gasteiger partial charge in [-0.15, -0.1) is 0 Å². The Morgan fingerprint density at radius 3 is 2.81 bits per heavy atom. The molecular weight excluding hydrogens is 324 g/mol. The first-order valence-electron chi connectivity index (χ1n) is 8.68. The number of amides is 1. The summed E-state index contributed by atoms with van der Waals surface area (Å²) < 4.78 is 2.14. The molecule has 3 aromatic rings. The summed E-state index contributed by atoms with van der Waals surface area (Å²) in [5, 5.41) is 2.92. The van der Waals surface area contributed by atoms with Crippen LogP contribution in [0.4, 0.5) is 0 Å². The van der Waals surface area contributed by atoms with Crippen LogP contribution in [0.25, 0.3) is 11.0 Å². The Kier molecular flexibility index (Phi) is 5.81. The summed E-state index contributed by atoms with van der Waals surface area (Å²) in [5.41, 5.74) is 4.39. The van der Waals surface area contributed by atoms with E-state index in [-0.39, 0.29) is 5.91 Å². The molecule has 1 aromatic heterocycles. The van der Waals surface area contributed by atoms with Gasteiger partial charge in [-0.05, 0) is 37.4 Å². The zero-order chi connectivity index (χ0) is 18.4. The van der Waals surface area contributed by atoms with Crippen molar-refractivity contribution in [1.29, 1.82) is 0 Å². The van der Waals surface area contributed by atoms with Crippen LogP contribution in [-0.2, 0) is 17.9 Å². The first-order valence-corrected chi connectivity index (χ1v) is 8.68. The SMILES string of the molecule is CN(C)CC=CC(=O)NCc1cccc(Cn2cnc3ccccc32)c1. The molecule has 1 amide bonds. The van der Waals surface area contributed by atoms with Gasteiger partial charge in [0, 0.05) is 25.7 Å². The standard InChI is InChI=1S/C21H24N4O/c1-24(2)12-6-11-21(26)22-14-17-7-5-8-18(13-17)15-25-16-23-19-9-3-4-10-20(19)25/h3-11,13,16H,12,14-15H2,1-2H3,(H,22,26). The molecule has 0 bridgehead atoms. The summed E-state index contributed by atoms with van der Waals surface area (Å²) in [7, 11) is 3.94. The van der Waals surface area contributed by atoms with Crippen molar-refractivity contribution in [2.75, 3.05) is 20.6 Å². The monoisotopic (exact) mass is 348 g/mol. The van der Waals surface area contributed by atoms with E-state index in [2.05, 4.69) is 33.1 Å². The van der Waals surface area contributed by atoms with Crippen molar-refractivity contribution in [3.05, 3.63) is 78.1 Å². The number of rotatable bonds is 7. The number of imidazole rings is 1. The van der Waals surface area contributed by atoms with Crippen LogP contribution >= 0.6 is 0 Å². The van der Waals surface area contributed by atoms with Gasteiger partial charge in [0.15, 0.2) is 0 Å². The highest BCUT2D eigenvalue weighted by Gasteiger charge is 2.04. The zero-order valence-corrected chi connectivity index (χ0v) is 15.2. The molecule has 5 heteroatoms. The first kappa shape index (κ1) is 17.9. The zero-order valence-electron chi connectivity index (χ0n) is 15.2. The summed E-state index contributed by atoms with van der Waals surface area (Å²) in [4.78, 5) is 18.3. The minimum absolute atomic E-state index is 0.0714. The highest BCUT2D eigenvalue weighted by Crippen LogP contribution is 2.14. The normalized spacial score (nSPS) is 11.5. The third-order valence-corrected chi connectivity index (χ3v) is 4.08. The molecule has 0 saturated carbocycles. The van der Waals surface area contributed by atoms with E-state index in [0.29, 0.717) is 6.54 Å². The molecular formula is C21H24N4O. The number of fused-ring (bicyclic) bond motifs is 1. The number of carbonyl (C=O) groups excluding carboxylic acids is 1. The number of likely N-dealkylation sites (N-methyl/N-ethyl adjacent to an activating group) is 1. The molecule has 0 fully saturated rings. The highest BCUT2D eigenvalue weighted by molar-refractivity contribution is 5.87. The second-order valence-corrected chi connectivity index (χ2v) is 6.56. The van der Waals surface area contributed by atoms with Crippen LogP contribution in [0.1, 0.15) is 11.1 Å². The van der Waals surface area contributed by atoms with E-state index in [4.69, 9.17) is 0 Å². The second kappa shape index (κ2) is 8.45. The molecule has 134 valence electrons. The van der Waals surface area contributed by atoms with Gasteiger partial charge in [0.05, 0.1) is 17.4 Å². The summed E-state index contributed by atoms with van der Waals surface area (Å²) in [6.45, 7) is 2.02.